The Morgan fingerprint density at radius 2 is 1.95 bits per heavy atom. The molecule has 2 atom stereocenters. The summed E-state index contributed by atoms with van der Waals surface area (Å²) in [7, 11) is 0. The van der Waals surface area contributed by atoms with Gasteiger partial charge in [0.2, 0.25) is 0 Å². The monoisotopic (exact) mass is 277 g/mol. The minimum atomic E-state index is -0.944. The first-order valence-corrected chi connectivity index (χ1v) is 7.23. The number of carboxylic acid groups (broad SMARTS) is 1. The van der Waals surface area contributed by atoms with Crippen LogP contribution in [0.15, 0.2) is 24.3 Å². The average Bonchev–Trinajstić information content (AvgIpc) is 2.38. The SMILES string of the molecule is CC1CC(C)CN(CCOc2ccccc2C(=O)O)C1. The summed E-state index contributed by atoms with van der Waals surface area (Å²) in [6.07, 6.45) is 1.29. The van der Waals surface area contributed by atoms with Crippen LogP contribution in [0.25, 0.3) is 0 Å². The first kappa shape index (κ1) is 14.9. The molecule has 0 radical (unpaired) electrons. The zero-order valence-electron chi connectivity index (χ0n) is 12.2. The Kier molecular flexibility index (Phi) is 5.01. The molecular formula is C16H23NO3. The zero-order chi connectivity index (χ0) is 14.5. The van der Waals surface area contributed by atoms with Crippen molar-refractivity contribution >= 4 is 5.97 Å². The Labute approximate surface area is 120 Å². The Hall–Kier alpha value is -1.55. The third-order valence-corrected chi connectivity index (χ3v) is 3.73. The molecule has 1 aliphatic rings. The lowest BCUT2D eigenvalue weighted by Crippen LogP contribution is -2.40. The molecule has 2 unspecified atom stereocenters. The van der Waals surface area contributed by atoms with E-state index in [0.717, 1.165) is 31.5 Å². The van der Waals surface area contributed by atoms with E-state index in [9.17, 15) is 4.79 Å². The summed E-state index contributed by atoms with van der Waals surface area (Å²) < 4.78 is 5.65. The summed E-state index contributed by atoms with van der Waals surface area (Å²) in [4.78, 5) is 13.5. The van der Waals surface area contributed by atoms with Crippen LogP contribution in [0.5, 0.6) is 5.75 Å². The molecule has 0 amide bonds. The lowest BCUT2D eigenvalue weighted by atomic mass is 9.92. The van der Waals surface area contributed by atoms with Crippen LogP contribution < -0.4 is 4.74 Å². The summed E-state index contributed by atoms with van der Waals surface area (Å²) >= 11 is 0. The molecule has 1 aliphatic heterocycles. The molecule has 1 fully saturated rings. The molecule has 0 bridgehead atoms. The maximum Gasteiger partial charge on any atom is 0.339 e. The molecule has 1 heterocycles. The number of aromatic carboxylic acids is 1. The molecule has 1 aromatic carbocycles. The van der Waals surface area contributed by atoms with Crippen LogP contribution in [0.2, 0.25) is 0 Å². The molecule has 1 N–H and O–H groups in total. The van der Waals surface area contributed by atoms with Crippen molar-refractivity contribution < 1.29 is 14.6 Å². The van der Waals surface area contributed by atoms with Crippen LogP contribution >= 0.6 is 0 Å². The van der Waals surface area contributed by atoms with E-state index in [0.29, 0.717) is 12.4 Å². The zero-order valence-corrected chi connectivity index (χ0v) is 12.2. The van der Waals surface area contributed by atoms with Crippen molar-refractivity contribution in [1.29, 1.82) is 0 Å². The number of ether oxygens (including phenoxy) is 1. The van der Waals surface area contributed by atoms with Crippen LogP contribution in [0.4, 0.5) is 0 Å². The highest BCUT2D eigenvalue weighted by Gasteiger charge is 2.21. The van der Waals surface area contributed by atoms with Crippen molar-refractivity contribution in [2.45, 2.75) is 20.3 Å². The Morgan fingerprint density at radius 1 is 1.30 bits per heavy atom. The van der Waals surface area contributed by atoms with Gasteiger partial charge in [0, 0.05) is 19.6 Å². The fourth-order valence-electron chi connectivity index (χ4n) is 3.03. The quantitative estimate of drug-likeness (QED) is 0.899. The minimum Gasteiger partial charge on any atom is -0.491 e. The van der Waals surface area contributed by atoms with E-state index in [1.165, 1.54) is 6.42 Å². The van der Waals surface area contributed by atoms with E-state index >= 15 is 0 Å². The van der Waals surface area contributed by atoms with Gasteiger partial charge < -0.3 is 9.84 Å². The number of benzene rings is 1. The van der Waals surface area contributed by atoms with Gasteiger partial charge in [0.05, 0.1) is 0 Å². The highest BCUT2D eigenvalue weighted by molar-refractivity contribution is 5.90. The highest BCUT2D eigenvalue weighted by Crippen LogP contribution is 2.21. The summed E-state index contributed by atoms with van der Waals surface area (Å²) in [5.41, 5.74) is 0.230. The number of piperidine rings is 1. The summed E-state index contributed by atoms with van der Waals surface area (Å²) in [5.74, 6) is 0.967. The number of para-hydroxylation sites is 1. The third-order valence-electron chi connectivity index (χ3n) is 3.73. The van der Waals surface area contributed by atoms with E-state index in [-0.39, 0.29) is 5.56 Å². The van der Waals surface area contributed by atoms with Crippen molar-refractivity contribution in [2.24, 2.45) is 11.8 Å². The molecule has 0 aliphatic carbocycles. The van der Waals surface area contributed by atoms with Crippen LogP contribution in [0.1, 0.15) is 30.6 Å². The third kappa shape index (κ3) is 3.97. The average molecular weight is 277 g/mol. The van der Waals surface area contributed by atoms with Gasteiger partial charge in [-0.05, 0) is 30.4 Å². The largest absolute Gasteiger partial charge is 0.491 e. The maximum absolute atomic E-state index is 11.1. The topological polar surface area (TPSA) is 49.8 Å². The number of nitrogens with zero attached hydrogens (tertiary/aromatic N) is 1. The van der Waals surface area contributed by atoms with Crippen LogP contribution in [-0.2, 0) is 0 Å². The Morgan fingerprint density at radius 3 is 2.60 bits per heavy atom. The van der Waals surface area contributed by atoms with Gasteiger partial charge in [-0.2, -0.15) is 0 Å². The first-order chi connectivity index (χ1) is 9.56. The van der Waals surface area contributed by atoms with Gasteiger partial charge in [-0.25, -0.2) is 4.79 Å². The maximum atomic E-state index is 11.1. The van der Waals surface area contributed by atoms with Gasteiger partial charge >= 0.3 is 5.97 Å². The number of hydrogen-bond donors (Lipinski definition) is 1. The minimum absolute atomic E-state index is 0.230. The lowest BCUT2D eigenvalue weighted by molar-refractivity contribution is 0.0690. The van der Waals surface area contributed by atoms with E-state index in [1.807, 2.05) is 0 Å². The number of carboxylic acids is 1. The van der Waals surface area contributed by atoms with Crippen LogP contribution in [0.3, 0.4) is 0 Å². The van der Waals surface area contributed by atoms with Gasteiger partial charge in [0.25, 0.3) is 0 Å². The molecular weight excluding hydrogens is 254 g/mol. The Bertz CT molecular complexity index is 451. The molecule has 110 valence electrons. The Balaban J connectivity index is 1.85. The van der Waals surface area contributed by atoms with E-state index in [2.05, 4.69) is 18.7 Å². The van der Waals surface area contributed by atoms with E-state index < -0.39 is 5.97 Å². The number of rotatable bonds is 5. The number of likely N-dealkylation sites (tertiary alicyclic amines) is 1. The van der Waals surface area contributed by atoms with Crippen molar-refractivity contribution in [3.63, 3.8) is 0 Å². The standard InChI is InChI=1S/C16H23NO3/c1-12-9-13(2)11-17(10-12)7-8-20-15-6-4-3-5-14(15)16(18)19/h3-6,12-13H,7-11H2,1-2H3,(H,18,19). The van der Waals surface area contributed by atoms with Gasteiger partial charge in [-0.15, -0.1) is 0 Å². The smallest absolute Gasteiger partial charge is 0.339 e. The van der Waals surface area contributed by atoms with Crippen molar-refractivity contribution in [3.05, 3.63) is 29.8 Å². The summed E-state index contributed by atoms with van der Waals surface area (Å²) in [6.45, 7) is 8.15. The molecule has 0 spiro atoms. The summed E-state index contributed by atoms with van der Waals surface area (Å²) in [5, 5.41) is 9.09. The van der Waals surface area contributed by atoms with Gasteiger partial charge in [0.15, 0.2) is 0 Å². The normalized spacial score (nSPS) is 23.5. The second kappa shape index (κ2) is 6.75. The van der Waals surface area contributed by atoms with Gasteiger partial charge in [-0.1, -0.05) is 26.0 Å². The predicted octanol–water partition coefficient (Wildman–Crippen LogP) is 2.74. The molecule has 4 heteroatoms. The van der Waals surface area contributed by atoms with Crippen LogP contribution in [0, 0.1) is 11.8 Å². The van der Waals surface area contributed by atoms with E-state index in [1.54, 1.807) is 24.3 Å². The second-order valence-electron chi connectivity index (χ2n) is 5.86. The first-order valence-electron chi connectivity index (χ1n) is 7.23. The second-order valence-corrected chi connectivity index (χ2v) is 5.86. The molecule has 4 nitrogen and oxygen atoms in total. The number of hydrogen-bond acceptors (Lipinski definition) is 3. The van der Waals surface area contributed by atoms with Crippen molar-refractivity contribution in [1.82, 2.24) is 4.90 Å². The molecule has 0 saturated carbocycles. The molecule has 2 rings (SSSR count). The van der Waals surface area contributed by atoms with Crippen molar-refractivity contribution in [2.75, 3.05) is 26.2 Å². The fourth-order valence-corrected chi connectivity index (χ4v) is 3.03. The molecule has 20 heavy (non-hydrogen) atoms. The molecule has 1 aromatic rings. The summed E-state index contributed by atoms with van der Waals surface area (Å²) in [6, 6.07) is 6.80. The van der Waals surface area contributed by atoms with E-state index in [4.69, 9.17) is 9.84 Å². The molecule has 1 saturated heterocycles. The lowest BCUT2D eigenvalue weighted by Gasteiger charge is -2.34. The van der Waals surface area contributed by atoms with Gasteiger partial charge in [-0.3, -0.25) is 4.90 Å². The number of carbonyl (C=O) groups is 1. The fraction of sp³-hybridized carbons (Fsp3) is 0.562. The van der Waals surface area contributed by atoms with Crippen LogP contribution in [-0.4, -0.2) is 42.2 Å². The van der Waals surface area contributed by atoms with Gasteiger partial charge in [0.1, 0.15) is 17.9 Å². The predicted molar refractivity (Wildman–Crippen MR) is 78.3 cm³/mol. The molecule has 0 aromatic heterocycles. The highest BCUT2D eigenvalue weighted by atomic mass is 16.5. The van der Waals surface area contributed by atoms with Crippen molar-refractivity contribution in [3.8, 4) is 5.75 Å².